The zero-order valence-electron chi connectivity index (χ0n) is 17.0. The minimum Gasteiger partial charge on any atom is -0.491 e. The summed E-state index contributed by atoms with van der Waals surface area (Å²) in [7, 11) is 0. The summed E-state index contributed by atoms with van der Waals surface area (Å²) in [6.07, 6.45) is 0.412. The van der Waals surface area contributed by atoms with E-state index < -0.39 is 11.2 Å². The molecule has 2 aromatic rings. The number of ether oxygens (including phenoxy) is 2. The second-order valence-corrected chi connectivity index (χ2v) is 8.26. The van der Waals surface area contributed by atoms with Crippen LogP contribution in [0.25, 0.3) is 0 Å². The quantitative estimate of drug-likeness (QED) is 0.788. The van der Waals surface area contributed by atoms with Crippen molar-refractivity contribution in [3.63, 3.8) is 0 Å². The summed E-state index contributed by atoms with van der Waals surface area (Å²) in [5, 5.41) is 9.84. The zero-order chi connectivity index (χ0) is 20.4. The van der Waals surface area contributed by atoms with Gasteiger partial charge in [0.05, 0.1) is 11.6 Å². The van der Waals surface area contributed by atoms with Crippen LogP contribution in [0.5, 0.6) is 5.75 Å². The first-order valence-electron chi connectivity index (χ1n) is 9.68. The van der Waals surface area contributed by atoms with Gasteiger partial charge in [0.2, 0.25) is 0 Å². The first-order chi connectivity index (χ1) is 13.2. The molecule has 0 spiro atoms. The highest BCUT2D eigenvalue weighted by Crippen LogP contribution is 2.36. The number of cyclic esters (lactones) is 1. The highest BCUT2D eigenvalue weighted by molar-refractivity contribution is 5.70. The smallest absolute Gasteiger partial charge is 0.411 e. The van der Waals surface area contributed by atoms with E-state index in [1.165, 1.54) is 0 Å². The average molecular weight is 383 g/mol. The van der Waals surface area contributed by atoms with Crippen LogP contribution >= 0.6 is 0 Å². The van der Waals surface area contributed by atoms with Crippen LogP contribution in [0.3, 0.4) is 0 Å². The summed E-state index contributed by atoms with van der Waals surface area (Å²) < 4.78 is 11.5. The summed E-state index contributed by atoms with van der Waals surface area (Å²) >= 11 is 0. The number of nitrogens with zero attached hydrogens (tertiary/aromatic N) is 1. The third-order valence-corrected chi connectivity index (χ3v) is 5.16. The summed E-state index contributed by atoms with van der Waals surface area (Å²) in [5.41, 5.74) is 0.470. The molecule has 0 bridgehead atoms. The van der Waals surface area contributed by atoms with Gasteiger partial charge >= 0.3 is 6.09 Å². The number of aliphatic hydroxyl groups is 1. The maximum atomic E-state index is 12.8. The molecule has 2 aromatic carbocycles. The van der Waals surface area contributed by atoms with Crippen molar-refractivity contribution in [2.75, 3.05) is 13.2 Å². The molecule has 1 aliphatic rings. The molecule has 0 saturated carbocycles. The number of rotatable bonds is 6. The molecule has 0 radical (unpaired) electrons. The molecule has 0 aliphatic carbocycles. The Bertz CT molecular complexity index is 815. The Labute approximate surface area is 166 Å². The highest BCUT2D eigenvalue weighted by atomic mass is 16.6. The van der Waals surface area contributed by atoms with Gasteiger partial charge in [0.1, 0.15) is 18.0 Å². The molecular weight excluding hydrogens is 354 g/mol. The van der Waals surface area contributed by atoms with E-state index in [0.29, 0.717) is 12.3 Å². The monoisotopic (exact) mass is 383 g/mol. The van der Waals surface area contributed by atoms with Gasteiger partial charge in [-0.1, -0.05) is 42.5 Å². The predicted molar refractivity (Wildman–Crippen MR) is 108 cm³/mol. The molecule has 0 aromatic heterocycles. The number of hydrogen-bond acceptors (Lipinski definition) is 4. The number of amides is 1. The first kappa shape index (κ1) is 20.2. The fourth-order valence-electron chi connectivity index (χ4n) is 3.38. The fraction of sp³-hybridized carbons (Fsp3) is 0.435. The van der Waals surface area contributed by atoms with Crippen LogP contribution in [-0.4, -0.2) is 34.9 Å². The molecule has 1 heterocycles. The SMILES string of the molecule is C[C@@H](c1cccc(OCC(C)(C)O)c1)N1CCC(C)(c2ccccc2)OC1=O. The van der Waals surface area contributed by atoms with Gasteiger partial charge in [-0.25, -0.2) is 4.79 Å². The molecule has 1 aliphatic heterocycles. The van der Waals surface area contributed by atoms with Crippen molar-refractivity contribution < 1.29 is 19.4 Å². The number of hydrogen-bond donors (Lipinski definition) is 1. The van der Waals surface area contributed by atoms with Crippen LogP contribution in [0.4, 0.5) is 4.79 Å². The van der Waals surface area contributed by atoms with Gasteiger partial charge in [0.15, 0.2) is 0 Å². The molecule has 2 atom stereocenters. The highest BCUT2D eigenvalue weighted by Gasteiger charge is 2.39. The minimum atomic E-state index is -0.903. The molecule has 5 heteroatoms. The third-order valence-electron chi connectivity index (χ3n) is 5.16. The fourth-order valence-corrected chi connectivity index (χ4v) is 3.38. The first-order valence-corrected chi connectivity index (χ1v) is 9.68. The van der Waals surface area contributed by atoms with Crippen molar-refractivity contribution >= 4 is 6.09 Å². The third kappa shape index (κ3) is 4.65. The normalized spacial score (nSPS) is 21.2. The van der Waals surface area contributed by atoms with E-state index in [-0.39, 0.29) is 18.7 Å². The number of benzene rings is 2. The second kappa shape index (κ2) is 7.84. The second-order valence-electron chi connectivity index (χ2n) is 8.26. The molecular formula is C23H29NO4. The van der Waals surface area contributed by atoms with Crippen LogP contribution in [-0.2, 0) is 10.3 Å². The van der Waals surface area contributed by atoms with Crippen molar-refractivity contribution in [2.24, 2.45) is 0 Å². The lowest BCUT2D eigenvalue weighted by atomic mass is 9.90. The number of carbonyl (C=O) groups excluding carboxylic acids is 1. The van der Waals surface area contributed by atoms with Crippen molar-refractivity contribution in [3.05, 3.63) is 65.7 Å². The van der Waals surface area contributed by atoms with E-state index in [1.54, 1.807) is 18.7 Å². The van der Waals surface area contributed by atoms with E-state index in [0.717, 1.165) is 17.5 Å². The van der Waals surface area contributed by atoms with Crippen LogP contribution in [0.15, 0.2) is 54.6 Å². The molecule has 1 amide bonds. The van der Waals surface area contributed by atoms with Gasteiger partial charge in [-0.15, -0.1) is 0 Å². The Balaban J connectivity index is 1.70. The van der Waals surface area contributed by atoms with Gasteiger partial charge in [0.25, 0.3) is 0 Å². The lowest BCUT2D eigenvalue weighted by molar-refractivity contribution is -0.0491. The predicted octanol–water partition coefficient (Wildman–Crippen LogP) is 4.66. The Morgan fingerprint density at radius 3 is 2.57 bits per heavy atom. The standard InChI is InChI=1S/C23H29NO4/c1-17(18-9-8-12-20(15-18)27-16-22(2,3)26)24-14-13-23(4,28-21(24)25)19-10-6-5-7-11-19/h5-12,15,17,26H,13-14,16H2,1-4H3/t17-,23?/m0/s1. The number of carbonyl (C=O) groups is 1. The summed E-state index contributed by atoms with van der Waals surface area (Å²) in [6.45, 7) is 8.17. The summed E-state index contributed by atoms with van der Waals surface area (Å²) in [4.78, 5) is 14.5. The lowest BCUT2D eigenvalue weighted by Gasteiger charge is -2.41. The summed E-state index contributed by atoms with van der Waals surface area (Å²) in [6, 6.07) is 17.4. The van der Waals surface area contributed by atoms with Crippen molar-refractivity contribution in [2.45, 2.75) is 51.4 Å². The Morgan fingerprint density at radius 1 is 1.21 bits per heavy atom. The Morgan fingerprint density at radius 2 is 1.93 bits per heavy atom. The Kier molecular flexibility index (Phi) is 5.66. The summed E-state index contributed by atoms with van der Waals surface area (Å²) in [5.74, 6) is 0.672. The Hall–Kier alpha value is -2.53. The van der Waals surface area contributed by atoms with E-state index in [9.17, 15) is 9.90 Å². The van der Waals surface area contributed by atoms with Crippen LogP contribution in [0, 0.1) is 0 Å². The molecule has 1 fully saturated rings. The van der Waals surface area contributed by atoms with Gasteiger partial charge in [-0.2, -0.15) is 0 Å². The zero-order valence-corrected chi connectivity index (χ0v) is 17.0. The van der Waals surface area contributed by atoms with E-state index >= 15 is 0 Å². The maximum Gasteiger partial charge on any atom is 0.411 e. The molecule has 5 nitrogen and oxygen atoms in total. The van der Waals surface area contributed by atoms with Gasteiger partial charge < -0.3 is 19.5 Å². The molecule has 1 unspecified atom stereocenters. The van der Waals surface area contributed by atoms with Crippen molar-refractivity contribution in [3.8, 4) is 5.75 Å². The molecule has 1 saturated heterocycles. The van der Waals surface area contributed by atoms with Crippen molar-refractivity contribution in [1.29, 1.82) is 0 Å². The molecule has 3 rings (SSSR count). The topological polar surface area (TPSA) is 59.0 Å². The van der Waals surface area contributed by atoms with Crippen LogP contribution < -0.4 is 4.74 Å². The van der Waals surface area contributed by atoms with Gasteiger partial charge in [0, 0.05) is 13.0 Å². The van der Waals surface area contributed by atoms with Crippen LogP contribution in [0.1, 0.15) is 51.3 Å². The lowest BCUT2D eigenvalue weighted by Crippen LogP contribution is -2.47. The van der Waals surface area contributed by atoms with E-state index in [2.05, 4.69) is 0 Å². The molecule has 28 heavy (non-hydrogen) atoms. The van der Waals surface area contributed by atoms with Gasteiger partial charge in [-0.3, -0.25) is 0 Å². The van der Waals surface area contributed by atoms with E-state index in [4.69, 9.17) is 9.47 Å². The molecule has 150 valence electrons. The molecule has 1 N–H and O–H groups in total. The maximum absolute atomic E-state index is 12.8. The van der Waals surface area contributed by atoms with Crippen LogP contribution in [0.2, 0.25) is 0 Å². The minimum absolute atomic E-state index is 0.140. The van der Waals surface area contributed by atoms with Crippen molar-refractivity contribution in [1.82, 2.24) is 4.90 Å². The average Bonchev–Trinajstić information content (AvgIpc) is 2.66. The van der Waals surface area contributed by atoms with E-state index in [1.807, 2.05) is 68.4 Å². The van der Waals surface area contributed by atoms with Gasteiger partial charge in [-0.05, 0) is 51.0 Å². The largest absolute Gasteiger partial charge is 0.491 e.